The number of guanidine groups is 1. The van der Waals surface area contributed by atoms with Gasteiger partial charge in [-0.25, -0.2) is 4.98 Å². The van der Waals surface area contributed by atoms with Gasteiger partial charge in [-0.15, -0.1) is 4.40 Å². The van der Waals surface area contributed by atoms with Crippen LogP contribution in [0.5, 0.6) is 0 Å². The second-order valence-electron chi connectivity index (χ2n) is 2.43. The number of pyridine rings is 1. The van der Waals surface area contributed by atoms with Crippen LogP contribution in [0.1, 0.15) is 0 Å². The quantitative estimate of drug-likeness (QED) is 0.586. The van der Waals surface area contributed by atoms with Gasteiger partial charge in [0, 0.05) is 6.20 Å². The summed E-state index contributed by atoms with van der Waals surface area (Å²) in [5, 5.41) is 2.55. The lowest BCUT2D eigenvalue weighted by Gasteiger charge is -2.13. The number of nitrogens with zero attached hydrogens (tertiary/aromatic N) is 2. The van der Waals surface area contributed by atoms with Crippen LogP contribution in [0.25, 0.3) is 0 Å². The van der Waals surface area contributed by atoms with Crippen molar-refractivity contribution in [3.05, 3.63) is 18.3 Å². The Kier molecular flexibility index (Phi) is 1.49. The van der Waals surface area contributed by atoms with E-state index in [1.807, 2.05) is 0 Å². The van der Waals surface area contributed by atoms with Crippen molar-refractivity contribution in [3.63, 3.8) is 0 Å². The van der Waals surface area contributed by atoms with Gasteiger partial charge in [-0.2, -0.15) is 8.42 Å². The van der Waals surface area contributed by atoms with Gasteiger partial charge in [0.2, 0.25) is 5.96 Å². The van der Waals surface area contributed by atoms with Gasteiger partial charge in [0.1, 0.15) is 4.90 Å². The molecule has 0 unspecified atom stereocenters. The normalized spacial score (nSPS) is 18.3. The van der Waals surface area contributed by atoms with Crippen molar-refractivity contribution in [2.24, 2.45) is 10.1 Å². The number of nitrogens with two attached hydrogens (primary N) is 1. The summed E-state index contributed by atoms with van der Waals surface area (Å²) in [6, 6.07) is 2.94. The lowest BCUT2D eigenvalue weighted by atomic mass is 10.4. The molecule has 6 nitrogen and oxygen atoms in total. The van der Waals surface area contributed by atoms with Gasteiger partial charge < -0.3 is 11.1 Å². The Bertz CT molecular complexity index is 479. The maximum absolute atomic E-state index is 11.3. The Morgan fingerprint density at radius 1 is 1.46 bits per heavy atom. The Hall–Kier alpha value is -1.63. The van der Waals surface area contributed by atoms with E-state index in [1.165, 1.54) is 18.3 Å². The minimum Gasteiger partial charge on any atom is -0.369 e. The predicted molar refractivity (Wildman–Crippen MR) is 46.7 cm³/mol. The molecule has 0 atom stereocenters. The summed E-state index contributed by atoms with van der Waals surface area (Å²) in [5.74, 6) is 0.0567. The van der Waals surface area contributed by atoms with Crippen LogP contribution in [0.4, 0.5) is 5.82 Å². The molecule has 0 fully saturated rings. The van der Waals surface area contributed by atoms with E-state index in [4.69, 9.17) is 5.73 Å². The zero-order chi connectivity index (χ0) is 9.47. The molecule has 13 heavy (non-hydrogen) atoms. The molecule has 1 aliphatic rings. The van der Waals surface area contributed by atoms with Crippen LogP contribution < -0.4 is 11.1 Å². The van der Waals surface area contributed by atoms with E-state index in [9.17, 15) is 8.42 Å². The van der Waals surface area contributed by atoms with E-state index in [0.29, 0.717) is 0 Å². The Labute approximate surface area is 74.6 Å². The summed E-state index contributed by atoms with van der Waals surface area (Å²) in [6.45, 7) is 0. The van der Waals surface area contributed by atoms with Crippen LogP contribution in [0.2, 0.25) is 0 Å². The van der Waals surface area contributed by atoms with Crippen molar-refractivity contribution in [3.8, 4) is 0 Å². The van der Waals surface area contributed by atoms with Gasteiger partial charge in [0.15, 0.2) is 5.82 Å². The minimum absolute atomic E-state index is 0.0456. The molecule has 0 aromatic carbocycles. The average Bonchev–Trinajstić information content (AvgIpc) is 2.02. The second-order valence-corrected chi connectivity index (χ2v) is 4.00. The first-order chi connectivity index (χ1) is 6.09. The Morgan fingerprint density at radius 3 is 3.00 bits per heavy atom. The monoisotopic (exact) mass is 198 g/mol. The lowest BCUT2D eigenvalue weighted by molar-refractivity contribution is 0.597. The molecule has 0 bridgehead atoms. The van der Waals surface area contributed by atoms with Gasteiger partial charge in [-0.05, 0) is 12.1 Å². The van der Waals surface area contributed by atoms with Crippen LogP contribution in [-0.2, 0) is 10.0 Å². The van der Waals surface area contributed by atoms with Crippen molar-refractivity contribution in [1.29, 1.82) is 0 Å². The standard InChI is InChI=1S/C6H6N4O2S/c7-6-9-5-4(2-1-3-8-5)13(11,12)10-6/h1-3H,(H3,7,8,9,10). The van der Waals surface area contributed by atoms with Crippen molar-refractivity contribution >= 4 is 21.8 Å². The van der Waals surface area contributed by atoms with E-state index in [1.54, 1.807) is 0 Å². The van der Waals surface area contributed by atoms with Crippen molar-refractivity contribution in [2.45, 2.75) is 4.90 Å². The third-order valence-electron chi connectivity index (χ3n) is 1.51. The van der Waals surface area contributed by atoms with Gasteiger partial charge in [-0.3, -0.25) is 0 Å². The molecule has 0 aliphatic carbocycles. The third kappa shape index (κ3) is 1.22. The molecule has 0 spiro atoms. The highest BCUT2D eigenvalue weighted by Gasteiger charge is 2.23. The van der Waals surface area contributed by atoms with Gasteiger partial charge in [0.25, 0.3) is 10.0 Å². The largest absolute Gasteiger partial charge is 0.369 e. The summed E-state index contributed by atoms with van der Waals surface area (Å²) in [7, 11) is -3.65. The molecule has 7 heteroatoms. The number of anilines is 1. The zero-order valence-corrected chi connectivity index (χ0v) is 7.25. The van der Waals surface area contributed by atoms with E-state index in [0.717, 1.165) is 0 Å². The fraction of sp³-hybridized carbons (Fsp3) is 0. The van der Waals surface area contributed by atoms with Crippen LogP contribution in [0, 0.1) is 0 Å². The van der Waals surface area contributed by atoms with E-state index in [-0.39, 0.29) is 16.7 Å². The zero-order valence-electron chi connectivity index (χ0n) is 6.43. The number of fused-ring (bicyclic) bond motifs is 1. The van der Waals surface area contributed by atoms with Crippen molar-refractivity contribution < 1.29 is 8.42 Å². The lowest BCUT2D eigenvalue weighted by Crippen LogP contribution is -2.29. The molecule has 2 heterocycles. The van der Waals surface area contributed by atoms with Crippen LogP contribution in [0.3, 0.4) is 0 Å². The topological polar surface area (TPSA) is 97.4 Å². The maximum atomic E-state index is 11.3. The molecule has 1 aliphatic heterocycles. The van der Waals surface area contributed by atoms with Crippen LogP contribution >= 0.6 is 0 Å². The number of sulfonamides is 1. The van der Waals surface area contributed by atoms with E-state index in [2.05, 4.69) is 14.7 Å². The molecule has 0 amide bonds. The third-order valence-corrected chi connectivity index (χ3v) is 2.84. The highest BCUT2D eigenvalue weighted by Crippen LogP contribution is 2.22. The first-order valence-corrected chi connectivity index (χ1v) is 4.86. The maximum Gasteiger partial charge on any atom is 0.289 e. The smallest absolute Gasteiger partial charge is 0.289 e. The molecular formula is C6H6N4O2S. The summed E-state index contributed by atoms with van der Waals surface area (Å²) in [4.78, 5) is 3.86. The number of rotatable bonds is 0. The van der Waals surface area contributed by atoms with E-state index >= 15 is 0 Å². The summed E-state index contributed by atoms with van der Waals surface area (Å²) in [5.41, 5.74) is 5.24. The molecule has 68 valence electrons. The molecule has 0 radical (unpaired) electrons. The molecule has 0 saturated carbocycles. The predicted octanol–water partition coefficient (Wildman–Crippen LogP) is -0.490. The summed E-state index contributed by atoms with van der Waals surface area (Å²) in [6.07, 6.45) is 1.47. The molecule has 0 saturated heterocycles. The second kappa shape index (κ2) is 2.43. The number of hydrogen-bond donors (Lipinski definition) is 2. The number of aromatic nitrogens is 1. The average molecular weight is 198 g/mol. The minimum atomic E-state index is -3.65. The Balaban J connectivity index is 2.73. The number of nitrogens with one attached hydrogen (secondary N) is 1. The van der Waals surface area contributed by atoms with Gasteiger partial charge >= 0.3 is 0 Å². The first-order valence-electron chi connectivity index (χ1n) is 3.42. The number of hydrogen-bond acceptors (Lipinski definition) is 5. The van der Waals surface area contributed by atoms with E-state index < -0.39 is 10.0 Å². The molecule has 3 N–H and O–H groups in total. The van der Waals surface area contributed by atoms with Crippen molar-refractivity contribution in [2.75, 3.05) is 5.32 Å². The van der Waals surface area contributed by atoms with Gasteiger partial charge in [0.05, 0.1) is 0 Å². The highest BCUT2D eigenvalue weighted by atomic mass is 32.2. The van der Waals surface area contributed by atoms with Crippen molar-refractivity contribution in [1.82, 2.24) is 4.98 Å². The first kappa shape index (κ1) is 7.99. The Morgan fingerprint density at radius 2 is 2.23 bits per heavy atom. The summed E-state index contributed by atoms with van der Waals surface area (Å²) < 4.78 is 25.9. The van der Waals surface area contributed by atoms with Crippen LogP contribution in [0.15, 0.2) is 27.6 Å². The SMILES string of the molecule is NC1=NS(=O)(=O)c2cccnc2N1. The molecule has 1 aromatic rings. The van der Waals surface area contributed by atoms with Gasteiger partial charge in [-0.1, -0.05) is 0 Å². The molecule has 2 rings (SSSR count). The molecule has 1 aromatic heterocycles. The molecular weight excluding hydrogens is 192 g/mol. The fourth-order valence-electron chi connectivity index (χ4n) is 1.02. The van der Waals surface area contributed by atoms with Crippen LogP contribution in [-0.4, -0.2) is 19.4 Å². The summed E-state index contributed by atoms with van der Waals surface area (Å²) >= 11 is 0. The highest BCUT2D eigenvalue weighted by molar-refractivity contribution is 7.90. The fourth-order valence-corrected chi connectivity index (χ4v) is 2.02.